The minimum atomic E-state index is -0.327. The maximum atomic E-state index is 12.6. The van der Waals surface area contributed by atoms with Crippen molar-refractivity contribution in [1.82, 2.24) is 10.2 Å². The van der Waals surface area contributed by atoms with Crippen LogP contribution in [-0.4, -0.2) is 47.6 Å². The second-order valence-electron chi connectivity index (χ2n) is 5.78. The summed E-state index contributed by atoms with van der Waals surface area (Å²) < 4.78 is 16.9. The maximum absolute atomic E-state index is 12.6. The van der Waals surface area contributed by atoms with Crippen molar-refractivity contribution < 1.29 is 23.8 Å². The second-order valence-corrected chi connectivity index (χ2v) is 7.98. The second kappa shape index (κ2) is 12.3. The number of nitrogens with zero attached hydrogens (tertiary/aromatic N) is 2. The lowest BCUT2D eigenvalue weighted by atomic mass is 10.2. The van der Waals surface area contributed by atoms with E-state index >= 15 is 0 Å². The van der Waals surface area contributed by atoms with Crippen LogP contribution in [-0.2, 0) is 9.53 Å². The topological polar surface area (TPSA) is 99.6 Å². The third kappa shape index (κ3) is 7.54. The summed E-state index contributed by atoms with van der Waals surface area (Å²) in [5.41, 5.74) is 0.427. The first-order valence-corrected chi connectivity index (χ1v) is 11.2. The lowest BCUT2D eigenvalue weighted by Crippen LogP contribution is -2.12. The Hall–Kier alpha value is -2.33. The van der Waals surface area contributed by atoms with Gasteiger partial charge in [-0.25, -0.2) is 0 Å². The highest BCUT2D eigenvalue weighted by atomic mass is 32.2. The van der Waals surface area contributed by atoms with E-state index in [9.17, 15) is 9.59 Å². The van der Waals surface area contributed by atoms with Gasteiger partial charge in [0.05, 0.1) is 25.6 Å². The summed E-state index contributed by atoms with van der Waals surface area (Å²) in [6, 6.07) is 5.07. The van der Waals surface area contributed by atoms with Gasteiger partial charge in [0.2, 0.25) is 5.13 Å². The van der Waals surface area contributed by atoms with Gasteiger partial charge in [-0.1, -0.05) is 36.9 Å². The Morgan fingerprint density at radius 3 is 2.48 bits per heavy atom. The Kier molecular flexibility index (Phi) is 9.72. The predicted molar refractivity (Wildman–Crippen MR) is 113 cm³/mol. The Balaban J connectivity index is 2.01. The van der Waals surface area contributed by atoms with E-state index in [1.54, 1.807) is 25.1 Å². The smallest absolute Gasteiger partial charge is 0.316 e. The molecule has 1 heterocycles. The summed E-state index contributed by atoms with van der Waals surface area (Å²) >= 11 is 2.41. The van der Waals surface area contributed by atoms with Crippen molar-refractivity contribution in [3.63, 3.8) is 0 Å². The summed E-state index contributed by atoms with van der Waals surface area (Å²) in [5.74, 6) is 0.657. The van der Waals surface area contributed by atoms with Crippen LogP contribution in [0.3, 0.4) is 0 Å². The average Bonchev–Trinajstić information content (AvgIpc) is 3.17. The largest absolute Gasteiger partial charge is 0.490 e. The number of aromatic nitrogens is 2. The van der Waals surface area contributed by atoms with Gasteiger partial charge in [-0.05, 0) is 38.0 Å². The summed E-state index contributed by atoms with van der Waals surface area (Å²) in [5, 5.41) is 11.0. The van der Waals surface area contributed by atoms with Crippen LogP contribution < -0.4 is 14.8 Å². The minimum absolute atomic E-state index is 0.147. The van der Waals surface area contributed by atoms with Gasteiger partial charge >= 0.3 is 5.97 Å². The van der Waals surface area contributed by atoms with Crippen molar-refractivity contribution in [3.8, 4) is 11.5 Å². The van der Waals surface area contributed by atoms with E-state index in [-0.39, 0.29) is 17.6 Å². The molecule has 0 saturated heterocycles. The van der Waals surface area contributed by atoms with E-state index in [0.29, 0.717) is 46.4 Å². The predicted octanol–water partition coefficient (Wildman–Crippen LogP) is 4.02. The molecule has 1 aromatic heterocycles. The fourth-order valence-electron chi connectivity index (χ4n) is 2.12. The SMILES string of the molecule is CCCOc1ccc(C(=O)Nc2nnc(SCC(=O)OCC)s2)cc1OCCC. The van der Waals surface area contributed by atoms with E-state index in [1.807, 2.05) is 13.8 Å². The van der Waals surface area contributed by atoms with Crippen molar-refractivity contribution in [2.75, 3.05) is 30.9 Å². The number of benzene rings is 1. The molecule has 158 valence electrons. The lowest BCUT2D eigenvalue weighted by Gasteiger charge is -2.13. The first kappa shape index (κ1) is 23.0. The van der Waals surface area contributed by atoms with E-state index in [0.717, 1.165) is 12.8 Å². The highest BCUT2D eigenvalue weighted by molar-refractivity contribution is 8.01. The zero-order chi connectivity index (χ0) is 21.1. The number of carbonyl (C=O) groups excluding carboxylic acids is 2. The van der Waals surface area contributed by atoms with Crippen LogP contribution in [0.2, 0.25) is 0 Å². The summed E-state index contributed by atoms with van der Waals surface area (Å²) in [6.45, 7) is 7.23. The molecule has 0 saturated carbocycles. The van der Waals surface area contributed by atoms with Crippen LogP contribution in [0.4, 0.5) is 5.13 Å². The number of esters is 1. The third-order valence-corrected chi connectivity index (χ3v) is 5.32. The molecule has 1 amide bonds. The number of thioether (sulfide) groups is 1. The van der Waals surface area contributed by atoms with Crippen molar-refractivity contribution in [2.45, 2.75) is 38.0 Å². The number of amides is 1. The van der Waals surface area contributed by atoms with Gasteiger partial charge in [0.15, 0.2) is 15.8 Å². The number of anilines is 1. The van der Waals surface area contributed by atoms with E-state index in [4.69, 9.17) is 14.2 Å². The summed E-state index contributed by atoms with van der Waals surface area (Å²) in [7, 11) is 0. The van der Waals surface area contributed by atoms with Gasteiger partial charge < -0.3 is 14.2 Å². The molecule has 0 fully saturated rings. The molecule has 0 aliphatic carbocycles. The van der Waals surface area contributed by atoms with Crippen LogP contribution in [0.15, 0.2) is 22.5 Å². The van der Waals surface area contributed by atoms with E-state index < -0.39 is 0 Å². The molecule has 10 heteroatoms. The van der Waals surface area contributed by atoms with Crippen molar-refractivity contribution >= 4 is 40.1 Å². The van der Waals surface area contributed by atoms with Crippen molar-refractivity contribution in [1.29, 1.82) is 0 Å². The van der Waals surface area contributed by atoms with E-state index in [2.05, 4.69) is 15.5 Å². The molecule has 0 aliphatic rings. The normalized spacial score (nSPS) is 10.4. The Labute approximate surface area is 178 Å². The third-order valence-electron chi connectivity index (χ3n) is 3.38. The van der Waals surface area contributed by atoms with Gasteiger partial charge in [0.1, 0.15) is 0 Å². The van der Waals surface area contributed by atoms with Crippen LogP contribution in [0.1, 0.15) is 44.0 Å². The molecule has 0 bridgehead atoms. The number of nitrogens with one attached hydrogen (secondary N) is 1. The monoisotopic (exact) mass is 439 g/mol. The molecule has 2 aromatic rings. The number of rotatable bonds is 12. The maximum Gasteiger partial charge on any atom is 0.316 e. The molecule has 0 unspecified atom stereocenters. The minimum Gasteiger partial charge on any atom is -0.490 e. The fourth-order valence-corrected chi connectivity index (χ4v) is 3.66. The van der Waals surface area contributed by atoms with Crippen LogP contribution in [0.5, 0.6) is 11.5 Å². The van der Waals surface area contributed by atoms with Crippen LogP contribution in [0, 0.1) is 0 Å². The molecule has 0 atom stereocenters. The van der Waals surface area contributed by atoms with E-state index in [1.165, 1.54) is 23.1 Å². The molecule has 8 nitrogen and oxygen atoms in total. The Bertz CT molecular complexity index is 813. The van der Waals surface area contributed by atoms with Crippen LogP contribution in [0.25, 0.3) is 0 Å². The van der Waals surface area contributed by atoms with Gasteiger partial charge in [-0.15, -0.1) is 10.2 Å². The van der Waals surface area contributed by atoms with Gasteiger partial charge in [-0.2, -0.15) is 0 Å². The zero-order valence-corrected chi connectivity index (χ0v) is 18.4. The Morgan fingerprint density at radius 1 is 1.07 bits per heavy atom. The molecule has 2 rings (SSSR count). The fraction of sp³-hybridized carbons (Fsp3) is 0.474. The van der Waals surface area contributed by atoms with Crippen LogP contribution >= 0.6 is 23.1 Å². The first-order chi connectivity index (χ1) is 14.1. The number of hydrogen-bond donors (Lipinski definition) is 1. The highest BCUT2D eigenvalue weighted by Gasteiger charge is 2.15. The number of hydrogen-bond acceptors (Lipinski definition) is 9. The lowest BCUT2D eigenvalue weighted by molar-refractivity contribution is -0.139. The quantitative estimate of drug-likeness (QED) is 0.301. The molecular formula is C19H25N3O5S2. The summed E-state index contributed by atoms with van der Waals surface area (Å²) in [6.07, 6.45) is 1.73. The molecule has 0 radical (unpaired) electrons. The number of ether oxygens (including phenoxy) is 3. The van der Waals surface area contributed by atoms with Gasteiger partial charge in [0, 0.05) is 5.56 Å². The van der Waals surface area contributed by atoms with Crippen molar-refractivity contribution in [3.05, 3.63) is 23.8 Å². The average molecular weight is 440 g/mol. The molecule has 0 spiro atoms. The molecule has 1 N–H and O–H groups in total. The van der Waals surface area contributed by atoms with Crippen molar-refractivity contribution in [2.24, 2.45) is 0 Å². The molecule has 0 aliphatic heterocycles. The highest BCUT2D eigenvalue weighted by Crippen LogP contribution is 2.30. The standard InChI is InChI=1S/C19H25N3O5S2/c1-4-9-26-14-8-7-13(11-15(14)27-10-5-2)17(24)20-18-21-22-19(29-18)28-12-16(23)25-6-3/h7-8,11H,4-6,9-10,12H2,1-3H3,(H,20,21,24). The number of carbonyl (C=O) groups is 2. The first-order valence-electron chi connectivity index (χ1n) is 9.40. The van der Waals surface area contributed by atoms with Gasteiger partial charge in [-0.3, -0.25) is 14.9 Å². The molecule has 1 aromatic carbocycles. The van der Waals surface area contributed by atoms with Gasteiger partial charge in [0.25, 0.3) is 5.91 Å². The zero-order valence-electron chi connectivity index (χ0n) is 16.7. The molecule has 29 heavy (non-hydrogen) atoms. The Morgan fingerprint density at radius 2 is 1.79 bits per heavy atom. The summed E-state index contributed by atoms with van der Waals surface area (Å²) in [4.78, 5) is 24.0. The molecular weight excluding hydrogens is 414 g/mol.